The maximum atomic E-state index is 13.2. The lowest BCUT2D eigenvalue weighted by atomic mass is 10.0. The van der Waals surface area contributed by atoms with Crippen molar-refractivity contribution in [2.24, 2.45) is 0 Å². The molecule has 2 aliphatic heterocycles. The highest BCUT2D eigenvalue weighted by Crippen LogP contribution is 2.19. The van der Waals surface area contributed by atoms with Crippen LogP contribution in [-0.2, 0) is 14.8 Å². The number of nitrogens with zero attached hydrogens (tertiary/aromatic N) is 3. The molecule has 0 aromatic heterocycles. The summed E-state index contributed by atoms with van der Waals surface area (Å²) in [4.78, 5) is 17.1. The van der Waals surface area contributed by atoms with Gasteiger partial charge in [0.05, 0.1) is 11.4 Å². The van der Waals surface area contributed by atoms with Gasteiger partial charge in [-0.15, -0.1) is 0 Å². The highest BCUT2D eigenvalue weighted by molar-refractivity contribution is 7.89. The number of carbonyl (C=O) groups excluding carboxylic acids is 1. The van der Waals surface area contributed by atoms with Gasteiger partial charge in [0.1, 0.15) is 0 Å². The number of likely N-dealkylation sites (tertiary alicyclic amines) is 1. The first kappa shape index (κ1) is 21.2. The zero-order chi connectivity index (χ0) is 20.0. The van der Waals surface area contributed by atoms with Crippen LogP contribution in [0.3, 0.4) is 0 Å². The molecule has 0 unspecified atom stereocenters. The van der Waals surface area contributed by atoms with Crippen molar-refractivity contribution in [3.05, 3.63) is 30.3 Å². The number of benzene rings is 1. The van der Waals surface area contributed by atoms with E-state index in [2.05, 4.69) is 17.1 Å². The van der Waals surface area contributed by atoms with Crippen molar-refractivity contribution in [3.8, 4) is 0 Å². The molecule has 2 heterocycles. The first-order valence-corrected chi connectivity index (χ1v) is 11.7. The molecular formula is C20H32N4O3S. The quantitative estimate of drug-likeness (QED) is 0.728. The van der Waals surface area contributed by atoms with Crippen LogP contribution >= 0.6 is 0 Å². The Kier molecular flexibility index (Phi) is 7.45. The number of amides is 1. The van der Waals surface area contributed by atoms with E-state index in [1.165, 1.54) is 10.7 Å². The van der Waals surface area contributed by atoms with Gasteiger partial charge < -0.3 is 10.2 Å². The Morgan fingerprint density at radius 1 is 1.14 bits per heavy atom. The molecule has 7 nitrogen and oxygen atoms in total. The maximum Gasteiger partial charge on any atom is 0.243 e. The molecule has 2 saturated heterocycles. The molecule has 0 radical (unpaired) electrons. The minimum atomic E-state index is -3.71. The van der Waals surface area contributed by atoms with Gasteiger partial charge in [0.15, 0.2) is 0 Å². The van der Waals surface area contributed by atoms with Crippen LogP contribution in [0.25, 0.3) is 0 Å². The molecule has 28 heavy (non-hydrogen) atoms. The molecule has 0 spiro atoms. The fraction of sp³-hybridized carbons (Fsp3) is 0.650. The van der Waals surface area contributed by atoms with E-state index in [0.29, 0.717) is 32.2 Å². The summed E-state index contributed by atoms with van der Waals surface area (Å²) in [6.07, 6.45) is 3.52. The van der Waals surface area contributed by atoms with E-state index in [9.17, 15) is 13.2 Å². The minimum Gasteiger partial charge on any atom is -0.339 e. The van der Waals surface area contributed by atoms with E-state index in [-0.39, 0.29) is 17.3 Å². The maximum absolute atomic E-state index is 13.2. The molecule has 0 aliphatic carbocycles. The number of piperidine rings is 1. The second-order valence-electron chi connectivity index (χ2n) is 7.66. The van der Waals surface area contributed by atoms with Gasteiger partial charge in [-0.3, -0.25) is 9.69 Å². The van der Waals surface area contributed by atoms with Gasteiger partial charge in [-0.2, -0.15) is 4.31 Å². The summed E-state index contributed by atoms with van der Waals surface area (Å²) >= 11 is 0. The van der Waals surface area contributed by atoms with Gasteiger partial charge in [0.25, 0.3) is 0 Å². The third-order valence-corrected chi connectivity index (χ3v) is 7.60. The number of sulfonamides is 1. The normalized spacial score (nSPS) is 21.8. The van der Waals surface area contributed by atoms with Crippen LogP contribution in [0.5, 0.6) is 0 Å². The first-order chi connectivity index (χ1) is 13.5. The van der Waals surface area contributed by atoms with Crippen LogP contribution in [0.1, 0.15) is 26.2 Å². The average molecular weight is 409 g/mol. The van der Waals surface area contributed by atoms with E-state index in [4.69, 9.17) is 0 Å². The third-order valence-electron chi connectivity index (χ3n) is 5.74. The molecule has 3 rings (SSSR count). The summed E-state index contributed by atoms with van der Waals surface area (Å²) in [7, 11) is -3.71. The Hall–Kier alpha value is -1.48. The molecule has 1 atom stereocenters. The Bertz CT molecular complexity index is 735. The SMILES string of the molecule is C[C@@H]1CCCCN1CCN(CC(=O)N1CCNCC1)S(=O)(=O)c1ccccc1. The summed E-state index contributed by atoms with van der Waals surface area (Å²) in [6.45, 7) is 6.83. The van der Waals surface area contributed by atoms with Gasteiger partial charge in [-0.1, -0.05) is 24.6 Å². The molecule has 1 aromatic carbocycles. The second kappa shape index (κ2) is 9.82. The highest BCUT2D eigenvalue weighted by Gasteiger charge is 2.30. The number of hydrogen-bond acceptors (Lipinski definition) is 5. The predicted octanol–water partition coefficient (Wildman–Crippen LogP) is 0.984. The summed E-state index contributed by atoms with van der Waals surface area (Å²) in [5.41, 5.74) is 0. The van der Waals surface area contributed by atoms with Crippen LogP contribution in [0.2, 0.25) is 0 Å². The van der Waals surface area contributed by atoms with Crippen LogP contribution in [0.4, 0.5) is 0 Å². The van der Waals surface area contributed by atoms with Crippen molar-refractivity contribution in [1.29, 1.82) is 0 Å². The van der Waals surface area contributed by atoms with Gasteiger partial charge in [-0.25, -0.2) is 8.42 Å². The smallest absolute Gasteiger partial charge is 0.243 e. The average Bonchev–Trinajstić information content (AvgIpc) is 2.73. The number of nitrogens with one attached hydrogen (secondary N) is 1. The fourth-order valence-corrected chi connectivity index (χ4v) is 5.32. The first-order valence-electron chi connectivity index (χ1n) is 10.3. The summed E-state index contributed by atoms with van der Waals surface area (Å²) in [6, 6.07) is 8.89. The molecule has 1 aromatic rings. The van der Waals surface area contributed by atoms with E-state index < -0.39 is 10.0 Å². The molecule has 0 saturated carbocycles. The van der Waals surface area contributed by atoms with Crippen molar-refractivity contribution in [1.82, 2.24) is 19.4 Å². The topological polar surface area (TPSA) is 73.0 Å². The number of hydrogen-bond donors (Lipinski definition) is 1. The minimum absolute atomic E-state index is 0.0978. The standard InChI is InChI=1S/C20H32N4O3S/c1-18-7-5-6-12-22(18)15-16-24(17-20(25)23-13-10-21-11-14-23)28(26,27)19-8-3-2-4-9-19/h2-4,8-9,18,21H,5-7,10-17H2,1H3/t18-/m1/s1. The number of rotatable bonds is 7. The molecular weight excluding hydrogens is 376 g/mol. The molecule has 1 N–H and O–H groups in total. The van der Waals surface area contributed by atoms with Crippen molar-refractivity contribution in [2.75, 3.05) is 52.4 Å². The zero-order valence-corrected chi connectivity index (χ0v) is 17.5. The predicted molar refractivity (Wildman–Crippen MR) is 110 cm³/mol. The Morgan fingerprint density at radius 2 is 1.86 bits per heavy atom. The van der Waals surface area contributed by atoms with Crippen molar-refractivity contribution < 1.29 is 13.2 Å². The largest absolute Gasteiger partial charge is 0.339 e. The van der Waals surface area contributed by atoms with Gasteiger partial charge in [-0.05, 0) is 38.4 Å². The number of piperazine rings is 1. The summed E-state index contributed by atoms with van der Waals surface area (Å²) < 4.78 is 27.8. The van der Waals surface area contributed by atoms with Crippen LogP contribution in [0, 0.1) is 0 Å². The molecule has 8 heteroatoms. The van der Waals surface area contributed by atoms with E-state index >= 15 is 0 Å². The summed E-state index contributed by atoms with van der Waals surface area (Å²) in [5, 5.41) is 3.22. The van der Waals surface area contributed by atoms with E-state index in [1.807, 2.05) is 0 Å². The highest BCUT2D eigenvalue weighted by atomic mass is 32.2. The lowest BCUT2D eigenvalue weighted by Crippen LogP contribution is -2.51. The fourth-order valence-electron chi connectivity index (χ4n) is 3.92. The van der Waals surface area contributed by atoms with E-state index in [0.717, 1.165) is 32.5 Å². The monoisotopic (exact) mass is 408 g/mol. The lowest BCUT2D eigenvalue weighted by Gasteiger charge is -2.35. The van der Waals surface area contributed by atoms with Gasteiger partial charge >= 0.3 is 0 Å². The zero-order valence-electron chi connectivity index (χ0n) is 16.7. The van der Waals surface area contributed by atoms with Crippen molar-refractivity contribution in [2.45, 2.75) is 37.1 Å². The third kappa shape index (κ3) is 5.31. The van der Waals surface area contributed by atoms with Crippen LogP contribution in [0.15, 0.2) is 35.2 Å². The lowest BCUT2D eigenvalue weighted by molar-refractivity contribution is -0.132. The van der Waals surface area contributed by atoms with Crippen LogP contribution in [-0.4, -0.2) is 86.8 Å². The molecule has 1 amide bonds. The second-order valence-corrected chi connectivity index (χ2v) is 9.60. The molecule has 2 fully saturated rings. The Balaban J connectivity index is 1.74. The van der Waals surface area contributed by atoms with Gasteiger partial charge in [0, 0.05) is 45.3 Å². The molecule has 0 bridgehead atoms. The Morgan fingerprint density at radius 3 is 2.54 bits per heavy atom. The molecule has 156 valence electrons. The summed E-state index contributed by atoms with van der Waals surface area (Å²) in [5.74, 6) is -0.118. The van der Waals surface area contributed by atoms with Gasteiger partial charge in [0.2, 0.25) is 15.9 Å². The Labute approximate surface area is 168 Å². The van der Waals surface area contributed by atoms with Crippen molar-refractivity contribution >= 4 is 15.9 Å². The number of carbonyl (C=O) groups is 1. The van der Waals surface area contributed by atoms with Crippen molar-refractivity contribution in [3.63, 3.8) is 0 Å². The van der Waals surface area contributed by atoms with E-state index in [1.54, 1.807) is 35.2 Å². The molecule has 2 aliphatic rings. The van der Waals surface area contributed by atoms with Crippen LogP contribution < -0.4 is 5.32 Å².